The first-order chi connectivity index (χ1) is 15.6. The summed E-state index contributed by atoms with van der Waals surface area (Å²) >= 11 is 0. The first-order valence-corrected chi connectivity index (χ1v) is 11.3. The molecule has 0 aliphatic heterocycles. The van der Waals surface area contributed by atoms with Gasteiger partial charge in [-0.3, -0.25) is 0 Å². The second-order valence-corrected chi connectivity index (χ2v) is 9.05. The Bertz CT molecular complexity index is 986. The minimum atomic E-state index is -4.21. The lowest BCUT2D eigenvalue weighted by atomic mass is 9.59. The fraction of sp³-hybridized carbons (Fsp3) is 0.481. The van der Waals surface area contributed by atoms with E-state index >= 15 is 0 Å². The topological polar surface area (TPSA) is 9.23 Å². The second-order valence-electron chi connectivity index (χ2n) is 9.05. The van der Waals surface area contributed by atoms with Gasteiger partial charge in [0.1, 0.15) is 17.7 Å². The second kappa shape index (κ2) is 10.6. The van der Waals surface area contributed by atoms with E-state index in [2.05, 4.69) is 12.0 Å². The molecule has 178 valence electrons. The summed E-state index contributed by atoms with van der Waals surface area (Å²) in [5.41, 5.74) is 0.0305. The van der Waals surface area contributed by atoms with Gasteiger partial charge in [-0.05, 0) is 74.3 Å². The van der Waals surface area contributed by atoms with E-state index in [1.165, 1.54) is 63.1 Å². The maximum Gasteiger partial charge on any atom is 0.416 e. The van der Waals surface area contributed by atoms with Gasteiger partial charge in [-0.2, -0.15) is 13.2 Å². The number of hydrogen-bond acceptors (Lipinski definition) is 1. The number of methoxy groups -OCH3 is 1. The highest BCUT2D eigenvalue weighted by Gasteiger charge is 2.43. The number of ether oxygens (including phenoxy) is 1. The molecular weight excluding hydrogens is 435 g/mol. The summed E-state index contributed by atoms with van der Waals surface area (Å²) in [4.78, 5) is 0. The van der Waals surface area contributed by atoms with Gasteiger partial charge in [0.2, 0.25) is 0 Å². The summed E-state index contributed by atoms with van der Waals surface area (Å²) in [6.07, 6.45) is 6.06. The smallest absolute Gasteiger partial charge is 0.416 e. The summed E-state index contributed by atoms with van der Waals surface area (Å²) in [5, 5.41) is 0. The van der Waals surface area contributed by atoms with Crippen molar-refractivity contribution in [1.29, 1.82) is 0 Å². The Hall–Kier alpha value is -2.55. The summed E-state index contributed by atoms with van der Waals surface area (Å²) in [6, 6.07) is 8.76. The van der Waals surface area contributed by atoms with Crippen molar-refractivity contribution in [3.05, 3.63) is 70.8 Å². The molecule has 2 aromatic carbocycles. The largest absolute Gasteiger partial charge is 0.450 e. The summed E-state index contributed by atoms with van der Waals surface area (Å²) < 4.78 is 68.7. The maximum absolute atomic E-state index is 14.4. The Kier molecular flexibility index (Phi) is 8.05. The highest BCUT2D eigenvalue weighted by atomic mass is 19.4. The standard InChI is InChI=1S/C19H22F2O.C8H7F3/c1-22-11-10-19(17-12-16(20)6-7-18(17)21)9-8-14-4-2-3-5-15(14)13-19;1-6-2-4-7(5-3-6)8(9,10)11/h6-7,12,14-15H,2-5,8-9,13H2,1H3;2-5H,1H3. The third-order valence-corrected chi connectivity index (χ3v) is 6.83. The quantitative estimate of drug-likeness (QED) is 0.309. The van der Waals surface area contributed by atoms with Gasteiger partial charge in [-0.25, -0.2) is 8.78 Å². The van der Waals surface area contributed by atoms with Gasteiger partial charge in [-0.15, -0.1) is 0 Å². The van der Waals surface area contributed by atoms with Crippen LogP contribution in [0.1, 0.15) is 61.6 Å². The summed E-state index contributed by atoms with van der Waals surface area (Å²) in [5.74, 6) is 3.65. The van der Waals surface area contributed by atoms with Crippen LogP contribution in [0.5, 0.6) is 0 Å². The first kappa shape index (κ1) is 25.1. The molecule has 0 radical (unpaired) electrons. The van der Waals surface area contributed by atoms with E-state index in [4.69, 9.17) is 4.74 Å². The van der Waals surface area contributed by atoms with Gasteiger partial charge in [0.25, 0.3) is 0 Å². The maximum atomic E-state index is 14.4. The fourth-order valence-corrected chi connectivity index (χ4v) is 5.10. The number of aryl methyl sites for hydroxylation is 1. The van der Waals surface area contributed by atoms with E-state index in [0.717, 1.165) is 42.9 Å². The lowest BCUT2D eigenvalue weighted by Crippen LogP contribution is -2.38. The van der Waals surface area contributed by atoms with Crippen LogP contribution in [0.3, 0.4) is 0 Å². The molecule has 0 N–H and O–H groups in total. The predicted octanol–water partition coefficient (Wildman–Crippen LogP) is 7.81. The zero-order valence-corrected chi connectivity index (χ0v) is 18.9. The molecule has 0 bridgehead atoms. The Morgan fingerprint density at radius 1 is 0.939 bits per heavy atom. The monoisotopic (exact) mass is 464 g/mol. The van der Waals surface area contributed by atoms with Crippen molar-refractivity contribution >= 4 is 0 Å². The van der Waals surface area contributed by atoms with Gasteiger partial charge in [0.05, 0.1) is 18.1 Å². The number of benzene rings is 2. The van der Waals surface area contributed by atoms with E-state index in [0.29, 0.717) is 11.5 Å². The van der Waals surface area contributed by atoms with Crippen LogP contribution in [0.4, 0.5) is 22.0 Å². The molecule has 4 rings (SSSR count). The minimum absolute atomic E-state index is 0.360. The zero-order chi connectivity index (χ0) is 24.1. The van der Waals surface area contributed by atoms with Crippen LogP contribution in [-0.4, -0.2) is 7.11 Å². The van der Waals surface area contributed by atoms with E-state index in [9.17, 15) is 22.0 Å². The number of halogens is 5. The van der Waals surface area contributed by atoms with Crippen LogP contribution in [-0.2, 0) is 16.3 Å². The van der Waals surface area contributed by atoms with Crippen LogP contribution in [0.15, 0.2) is 42.5 Å². The first-order valence-electron chi connectivity index (χ1n) is 11.3. The van der Waals surface area contributed by atoms with Gasteiger partial charge < -0.3 is 4.74 Å². The molecule has 3 unspecified atom stereocenters. The third kappa shape index (κ3) is 6.28. The van der Waals surface area contributed by atoms with E-state index in [-0.39, 0.29) is 5.82 Å². The van der Waals surface area contributed by atoms with E-state index < -0.39 is 23.0 Å². The van der Waals surface area contributed by atoms with Crippen molar-refractivity contribution in [2.45, 2.75) is 63.5 Å². The molecule has 2 aromatic rings. The van der Waals surface area contributed by atoms with Gasteiger partial charge >= 0.3 is 6.18 Å². The molecule has 0 saturated heterocycles. The normalized spacial score (nSPS) is 24.5. The summed E-state index contributed by atoms with van der Waals surface area (Å²) in [6.45, 7) is 1.75. The van der Waals surface area contributed by atoms with Crippen molar-refractivity contribution in [3.63, 3.8) is 0 Å². The average molecular weight is 465 g/mol. The number of hydrogen-bond donors (Lipinski definition) is 0. The summed E-state index contributed by atoms with van der Waals surface area (Å²) in [7, 11) is 1.51. The van der Waals surface area contributed by atoms with Crippen LogP contribution >= 0.6 is 0 Å². The third-order valence-electron chi connectivity index (χ3n) is 6.83. The Morgan fingerprint density at radius 2 is 1.61 bits per heavy atom. The minimum Gasteiger partial charge on any atom is -0.450 e. The molecule has 3 atom stereocenters. The zero-order valence-electron chi connectivity index (χ0n) is 18.9. The lowest BCUT2D eigenvalue weighted by molar-refractivity contribution is -0.137. The van der Waals surface area contributed by atoms with Crippen molar-refractivity contribution < 1.29 is 26.7 Å². The van der Waals surface area contributed by atoms with Crippen molar-refractivity contribution in [3.8, 4) is 12.0 Å². The Balaban J connectivity index is 0.000000235. The molecule has 0 spiro atoms. The Labute approximate surface area is 192 Å². The highest BCUT2D eigenvalue weighted by Crippen LogP contribution is 2.49. The number of rotatable bonds is 1. The van der Waals surface area contributed by atoms with E-state index in [1.807, 2.05) is 0 Å². The van der Waals surface area contributed by atoms with Gasteiger partial charge in [0, 0.05) is 5.56 Å². The molecule has 2 saturated carbocycles. The average Bonchev–Trinajstić information content (AvgIpc) is 2.79. The highest BCUT2D eigenvalue weighted by molar-refractivity contribution is 5.37. The van der Waals surface area contributed by atoms with E-state index in [1.54, 1.807) is 6.92 Å². The molecular formula is C27H29F5O. The van der Waals surface area contributed by atoms with Crippen molar-refractivity contribution in [2.24, 2.45) is 11.8 Å². The molecule has 2 aliphatic rings. The molecule has 6 heteroatoms. The van der Waals surface area contributed by atoms with Crippen molar-refractivity contribution in [1.82, 2.24) is 0 Å². The SMILES string of the molecule is COC#CC1(c2cc(F)ccc2F)CCC2CCCCC2C1.Cc1ccc(C(F)(F)F)cc1. The molecule has 1 nitrogen and oxygen atoms in total. The fourth-order valence-electron chi connectivity index (χ4n) is 5.10. The van der Waals surface area contributed by atoms with Crippen molar-refractivity contribution in [2.75, 3.05) is 7.11 Å². The predicted molar refractivity (Wildman–Crippen MR) is 118 cm³/mol. The molecule has 0 aromatic heterocycles. The Morgan fingerprint density at radius 3 is 2.24 bits per heavy atom. The molecule has 33 heavy (non-hydrogen) atoms. The molecule has 2 aliphatic carbocycles. The molecule has 2 fully saturated rings. The molecule has 0 heterocycles. The van der Waals surface area contributed by atoms with Gasteiger partial charge in [0.15, 0.2) is 0 Å². The van der Waals surface area contributed by atoms with Crippen LogP contribution in [0.25, 0.3) is 0 Å². The number of fused-ring (bicyclic) bond motifs is 1. The van der Waals surface area contributed by atoms with Crippen LogP contribution in [0, 0.1) is 42.4 Å². The van der Waals surface area contributed by atoms with Gasteiger partial charge in [-0.1, -0.05) is 43.4 Å². The number of alkyl halides is 3. The molecule has 0 amide bonds. The van der Waals surface area contributed by atoms with Crippen LogP contribution < -0.4 is 0 Å². The lowest BCUT2D eigenvalue weighted by Gasteiger charge is -2.44. The van der Waals surface area contributed by atoms with Crippen LogP contribution in [0.2, 0.25) is 0 Å².